The van der Waals surface area contributed by atoms with Gasteiger partial charge < -0.3 is 40.9 Å². The molecule has 9 N–H and O–H groups in total. The molecule has 1 amide bonds. The molecule has 0 radical (unpaired) electrons. The Labute approximate surface area is 148 Å². The monoisotopic (exact) mass is 373 g/mol. The van der Waals surface area contributed by atoms with Crippen molar-refractivity contribution in [2.75, 3.05) is 26.8 Å². The highest BCUT2D eigenvalue weighted by Crippen LogP contribution is 2.45. The predicted octanol–water partition coefficient (Wildman–Crippen LogP) is -4.78. The summed E-state index contributed by atoms with van der Waals surface area (Å²) in [6.07, 6.45) is -1.67. The molecule has 0 aliphatic carbocycles. The summed E-state index contributed by atoms with van der Waals surface area (Å²) in [5.41, 5.74) is 0.329. The molecule has 3 fully saturated rings. The summed E-state index contributed by atoms with van der Waals surface area (Å²) in [4.78, 5) is 18.8. The molecule has 13 nitrogen and oxygen atoms in total. The van der Waals surface area contributed by atoms with E-state index in [9.17, 15) is 25.2 Å². The van der Waals surface area contributed by atoms with Crippen LogP contribution in [-0.4, -0.2) is 104 Å². The van der Waals surface area contributed by atoms with Crippen LogP contribution in [0.25, 0.3) is 0 Å². The number of hydrogen-bond donors (Lipinski definition) is 9. The molecule has 1 spiro atoms. The molecular formula is C13H23N7O6. The number of nitrogens with one attached hydrogen (secondary N) is 5. The van der Waals surface area contributed by atoms with Crippen LogP contribution in [0.2, 0.25) is 0 Å². The highest BCUT2D eigenvalue weighted by Gasteiger charge is 2.75. The van der Waals surface area contributed by atoms with E-state index in [1.165, 1.54) is 16.9 Å². The lowest BCUT2D eigenvalue weighted by atomic mass is 9.84. The molecule has 0 aromatic rings. The number of aliphatic hydroxyl groups is 4. The van der Waals surface area contributed by atoms with Gasteiger partial charge in [-0.05, 0) is 0 Å². The first-order chi connectivity index (χ1) is 12.2. The summed E-state index contributed by atoms with van der Waals surface area (Å²) in [5.74, 6) is -3.58. The van der Waals surface area contributed by atoms with Gasteiger partial charge in [-0.1, -0.05) is 0 Å². The maximum atomic E-state index is 11.7. The van der Waals surface area contributed by atoms with Gasteiger partial charge in [0.15, 0.2) is 17.6 Å². The second kappa shape index (κ2) is 6.21. The summed E-state index contributed by atoms with van der Waals surface area (Å²) in [6, 6.07) is -1.79. The van der Waals surface area contributed by atoms with Gasteiger partial charge in [-0.15, -0.1) is 0 Å². The van der Waals surface area contributed by atoms with E-state index < -0.39 is 42.2 Å². The number of carbonyl (C=O) groups excluding carboxylic acids is 1. The van der Waals surface area contributed by atoms with Gasteiger partial charge in [-0.2, -0.15) is 0 Å². The van der Waals surface area contributed by atoms with Crippen molar-refractivity contribution in [1.29, 1.82) is 10.8 Å². The molecule has 3 rings (SSSR count). The molecule has 2 unspecified atom stereocenters. The Morgan fingerprint density at radius 2 is 2.12 bits per heavy atom. The number of guanidine groups is 2. The zero-order valence-electron chi connectivity index (χ0n) is 14.1. The SMILES string of the molecule is CONC(=O)CCN1C(=N)NC23C1[C@H](CO)NC(=N)N2C[C@@H](O)C3(O)O. The van der Waals surface area contributed by atoms with Gasteiger partial charge in [0.05, 0.1) is 26.3 Å². The number of hydrogen-bond acceptors (Lipinski definition) is 8. The molecule has 0 bridgehead atoms. The molecule has 146 valence electrons. The van der Waals surface area contributed by atoms with E-state index in [2.05, 4.69) is 21.0 Å². The molecule has 0 aromatic heterocycles. The third-order valence-corrected chi connectivity index (χ3v) is 5.13. The third kappa shape index (κ3) is 2.32. The average Bonchev–Trinajstić information content (AvgIpc) is 2.98. The zero-order chi connectivity index (χ0) is 19.3. The van der Waals surface area contributed by atoms with E-state index in [0.717, 1.165) is 0 Å². The van der Waals surface area contributed by atoms with E-state index >= 15 is 0 Å². The van der Waals surface area contributed by atoms with Crippen LogP contribution < -0.4 is 16.1 Å². The van der Waals surface area contributed by atoms with E-state index in [1.807, 2.05) is 0 Å². The van der Waals surface area contributed by atoms with Gasteiger partial charge in [-0.3, -0.25) is 20.5 Å². The summed E-state index contributed by atoms with van der Waals surface area (Å²) < 4.78 is 0. The van der Waals surface area contributed by atoms with Gasteiger partial charge in [0.25, 0.3) is 0 Å². The number of nitrogens with zero attached hydrogens (tertiary/aromatic N) is 2. The van der Waals surface area contributed by atoms with Crippen LogP contribution in [0, 0.1) is 10.8 Å². The molecule has 3 saturated heterocycles. The molecule has 0 aromatic carbocycles. The van der Waals surface area contributed by atoms with Crippen LogP contribution in [0.5, 0.6) is 0 Å². The minimum absolute atomic E-state index is 0.0129. The van der Waals surface area contributed by atoms with Crippen LogP contribution in [-0.2, 0) is 9.63 Å². The molecule has 3 heterocycles. The Kier molecular flexibility index (Phi) is 4.44. The highest BCUT2D eigenvalue weighted by atomic mass is 16.6. The van der Waals surface area contributed by atoms with E-state index in [-0.39, 0.29) is 31.4 Å². The Hall–Kier alpha value is -2.19. The first-order valence-electron chi connectivity index (χ1n) is 8.02. The molecular weight excluding hydrogens is 350 g/mol. The normalized spacial score (nSPS) is 34.9. The van der Waals surface area contributed by atoms with Crippen molar-refractivity contribution in [2.45, 2.75) is 36.1 Å². The van der Waals surface area contributed by atoms with Gasteiger partial charge >= 0.3 is 0 Å². The lowest BCUT2D eigenvalue weighted by molar-refractivity contribution is -0.262. The fourth-order valence-corrected chi connectivity index (χ4v) is 4.02. The van der Waals surface area contributed by atoms with Crippen molar-refractivity contribution in [1.82, 2.24) is 25.9 Å². The number of rotatable bonds is 5. The molecule has 0 saturated carbocycles. The maximum Gasteiger partial charge on any atom is 0.245 e. The fourth-order valence-electron chi connectivity index (χ4n) is 4.02. The van der Waals surface area contributed by atoms with Gasteiger partial charge in [-0.25, -0.2) is 5.48 Å². The zero-order valence-corrected chi connectivity index (χ0v) is 14.1. The standard InChI is InChI=1S/C13H23N7O6/c1-26-18-8(23)2-3-19-9-6(5-21)16-10(14)20-4-7(22)13(24,25)12(9,20)17-11(19)15/h6-7,9,21-22,24-25H,2-5H2,1H3,(H2,14,16)(H2,15,17)(H,18,23)/t6-,7+,9?,12?/m0/s1. The molecule has 26 heavy (non-hydrogen) atoms. The Bertz CT molecular complexity index is 630. The van der Waals surface area contributed by atoms with Gasteiger partial charge in [0.2, 0.25) is 11.7 Å². The van der Waals surface area contributed by atoms with Gasteiger partial charge in [0.1, 0.15) is 12.1 Å². The number of amides is 1. The predicted molar refractivity (Wildman–Crippen MR) is 85.5 cm³/mol. The van der Waals surface area contributed by atoms with E-state index in [0.29, 0.717) is 0 Å². The lowest BCUT2D eigenvalue weighted by Gasteiger charge is -2.52. The maximum absolute atomic E-state index is 11.7. The number of aliphatic hydroxyl groups excluding tert-OH is 2. The molecule has 4 atom stereocenters. The summed E-state index contributed by atoms with van der Waals surface area (Å²) in [5, 5.41) is 62.8. The largest absolute Gasteiger partial charge is 0.394 e. The minimum atomic E-state index is -2.70. The van der Waals surface area contributed by atoms with Crippen LogP contribution in [0.3, 0.4) is 0 Å². The van der Waals surface area contributed by atoms with Crippen molar-refractivity contribution in [3.63, 3.8) is 0 Å². The highest BCUT2D eigenvalue weighted by molar-refractivity contribution is 5.88. The van der Waals surface area contributed by atoms with Crippen LogP contribution >= 0.6 is 0 Å². The Balaban J connectivity index is 1.97. The first kappa shape index (κ1) is 18.6. The first-order valence-corrected chi connectivity index (χ1v) is 8.02. The minimum Gasteiger partial charge on any atom is -0.394 e. The van der Waals surface area contributed by atoms with Crippen molar-refractivity contribution in [2.24, 2.45) is 0 Å². The second-order valence-corrected chi connectivity index (χ2v) is 6.49. The molecule has 3 aliphatic heterocycles. The van der Waals surface area contributed by atoms with Crippen molar-refractivity contribution < 1.29 is 30.1 Å². The summed E-state index contributed by atoms with van der Waals surface area (Å²) in [6.45, 7) is -0.713. The topological polar surface area (TPSA) is 197 Å². The lowest BCUT2D eigenvalue weighted by Crippen LogP contribution is -2.81. The quantitative estimate of drug-likeness (QED) is 0.166. The Morgan fingerprint density at radius 3 is 2.73 bits per heavy atom. The summed E-state index contributed by atoms with van der Waals surface area (Å²) >= 11 is 0. The van der Waals surface area contributed by atoms with Crippen molar-refractivity contribution in [3.8, 4) is 0 Å². The van der Waals surface area contributed by atoms with Crippen LogP contribution in [0.4, 0.5) is 0 Å². The smallest absolute Gasteiger partial charge is 0.245 e. The van der Waals surface area contributed by atoms with Crippen molar-refractivity contribution in [3.05, 3.63) is 0 Å². The average molecular weight is 373 g/mol. The molecule has 13 heteroatoms. The summed E-state index contributed by atoms with van der Waals surface area (Å²) in [7, 11) is 1.29. The van der Waals surface area contributed by atoms with Crippen molar-refractivity contribution >= 4 is 17.8 Å². The van der Waals surface area contributed by atoms with Crippen LogP contribution in [0.15, 0.2) is 0 Å². The molecule has 3 aliphatic rings. The number of hydroxylamine groups is 1. The third-order valence-electron chi connectivity index (χ3n) is 5.13. The number of carbonyl (C=O) groups is 1. The van der Waals surface area contributed by atoms with Crippen LogP contribution in [0.1, 0.15) is 6.42 Å². The fraction of sp³-hybridized carbons (Fsp3) is 0.769. The second-order valence-electron chi connectivity index (χ2n) is 6.49. The van der Waals surface area contributed by atoms with Gasteiger partial charge in [0, 0.05) is 13.0 Å². The van der Waals surface area contributed by atoms with E-state index in [1.54, 1.807) is 0 Å². The Morgan fingerprint density at radius 1 is 1.42 bits per heavy atom. The van der Waals surface area contributed by atoms with E-state index in [4.69, 9.17) is 10.8 Å².